The van der Waals surface area contributed by atoms with E-state index in [1.165, 1.54) is 13.2 Å². The van der Waals surface area contributed by atoms with Crippen LogP contribution in [-0.4, -0.2) is 13.1 Å². The van der Waals surface area contributed by atoms with Crippen LogP contribution < -0.4 is 11.2 Å². The molecule has 1 aromatic heterocycles. The standard InChI is InChI=1S/C17H13NO4/c1-21-17(20)11-4-2-10(3-5-11)15-9-14(19)13-7-6-12(18)8-16(13)22-15/h2-9H,18H2,1H3. The molecular weight excluding hydrogens is 282 g/mol. The molecule has 0 atom stereocenters. The second-order valence-corrected chi connectivity index (χ2v) is 4.80. The highest BCUT2D eigenvalue weighted by atomic mass is 16.5. The normalized spacial score (nSPS) is 10.6. The van der Waals surface area contributed by atoms with Gasteiger partial charge in [0.2, 0.25) is 0 Å². The zero-order valence-electron chi connectivity index (χ0n) is 11.8. The van der Waals surface area contributed by atoms with Gasteiger partial charge in [-0.1, -0.05) is 12.1 Å². The molecule has 0 unspecified atom stereocenters. The number of esters is 1. The first-order valence-electron chi connectivity index (χ1n) is 6.60. The van der Waals surface area contributed by atoms with Gasteiger partial charge in [-0.15, -0.1) is 0 Å². The average molecular weight is 295 g/mol. The van der Waals surface area contributed by atoms with Crippen LogP contribution >= 0.6 is 0 Å². The topological polar surface area (TPSA) is 82.5 Å². The van der Waals surface area contributed by atoms with Crippen LogP contribution in [0, 0.1) is 0 Å². The molecule has 3 rings (SSSR count). The van der Waals surface area contributed by atoms with Crippen LogP contribution in [0.5, 0.6) is 0 Å². The van der Waals surface area contributed by atoms with Crippen LogP contribution in [0.2, 0.25) is 0 Å². The Labute approximate surface area is 125 Å². The van der Waals surface area contributed by atoms with Crippen molar-refractivity contribution >= 4 is 22.6 Å². The molecule has 2 aromatic carbocycles. The molecule has 0 radical (unpaired) electrons. The van der Waals surface area contributed by atoms with Gasteiger partial charge in [0, 0.05) is 23.4 Å². The lowest BCUT2D eigenvalue weighted by atomic mass is 10.1. The van der Waals surface area contributed by atoms with Crippen molar-refractivity contribution in [3.05, 3.63) is 64.3 Å². The molecule has 0 amide bonds. The van der Waals surface area contributed by atoms with E-state index < -0.39 is 5.97 Å². The number of anilines is 1. The Morgan fingerprint density at radius 2 is 1.82 bits per heavy atom. The van der Waals surface area contributed by atoms with Gasteiger partial charge in [-0.05, 0) is 24.3 Å². The van der Waals surface area contributed by atoms with Gasteiger partial charge in [-0.2, -0.15) is 0 Å². The van der Waals surface area contributed by atoms with E-state index in [2.05, 4.69) is 4.74 Å². The summed E-state index contributed by atoms with van der Waals surface area (Å²) in [6, 6.07) is 13.0. The highest BCUT2D eigenvalue weighted by Crippen LogP contribution is 2.23. The van der Waals surface area contributed by atoms with E-state index in [9.17, 15) is 9.59 Å². The van der Waals surface area contributed by atoms with E-state index in [1.54, 1.807) is 42.5 Å². The molecule has 0 aliphatic heterocycles. The minimum Gasteiger partial charge on any atom is -0.465 e. The van der Waals surface area contributed by atoms with Gasteiger partial charge in [-0.25, -0.2) is 4.79 Å². The van der Waals surface area contributed by atoms with E-state index in [-0.39, 0.29) is 5.43 Å². The summed E-state index contributed by atoms with van der Waals surface area (Å²) in [6.45, 7) is 0. The number of hydrogen-bond acceptors (Lipinski definition) is 5. The Morgan fingerprint density at radius 1 is 1.09 bits per heavy atom. The van der Waals surface area contributed by atoms with Crippen molar-refractivity contribution in [1.82, 2.24) is 0 Å². The fraction of sp³-hybridized carbons (Fsp3) is 0.0588. The summed E-state index contributed by atoms with van der Waals surface area (Å²) in [5.74, 6) is -0.00111. The largest absolute Gasteiger partial charge is 0.465 e. The zero-order valence-corrected chi connectivity index (χ0v) is 11.8. The third-order valence-electron chi connectivity index (χ3n) is 3.34. The number of nitrogens with two attached hydrogens (primary N) is 1. The summed E-state index contributed by atoms with van der Waals surface area (Å²) in [6.07, 6.45) is 0. The first kappa shape index (κ1) is 13.9. The maximum atomic E-state index is 12.1. The van der Waals surface area contributed by atoms with Crippen molar-refractivity contribution in [3.63, 3.8) is 0 Å². The summed E-state index contributed by atoms with van der Waals surface area (Å²) in [7, 11) is 1.32. The lowest BCUT2D eigenvalue weighted by Gasteiger charge is -2.05. The lowest BCUT2D eigenvalue weighted by Crippen LogP contribution is -2.02. The summed E-state index contributed by atoms with van der Waals surface area (Å²) < 4.78 is 10.4. The van der Waals surface area contributed by atoms with Crippen molar-refractivity contribution < 1.29 is 13.9 Å². The molecule has 5 nitrogen and oxygen atoms in total. The molecule has 1 heterocycles. The molecular formula is C17H13NO4. The SMILES string of the molecule is COC(=O)c1ccc(-c2cc(=O)c3ccc(N)cc3o2)cc1. The Hall–Kier alpha value is -3.08. The molecule has 2 N–H and O–H groups in total. The van der Waals surface area contributed by atoms with Gasteiger partial charge in [0.25, 0.3) is 0 Å². The molecule has 0 aliphatic rings. The second-order valence-electron chi connectivity index (χ2n) is 4.80. The van der Waals surface area contributed by atoms with Gasteiger partial charge in [0.05, 0.1) is 18.1 Å². The fourth-order valence-corrected chi connectivity index (χ4v) is 2.20. The van der Waals surface area contributed by atoms with Crippen LogP contribution in [-0.2, 0) is 4.74 Å². The molecule has 22 heavy (non-hydrogen) atoms. The summed E-state index contributed by atoms with van der Waals surface area (Å²) in [5, 5.41) is 0.476. The summed E-state index contributed by atoms with van der Waals surface area (Å²) >= 11 is 0. The van der Waals surface area contributed by atoms with Crippen molar-refractivity contribution in [3.8, 4) is 11.3 Å². The van der Waals surface area contributed by atoms with Gasteiger partial charge >= 0.3 is 5.97 Å². The zero-order chi connectivity index (χ0) is 15.7. The minimum absolute atomic E-state index is 0.145. The van der Waals surface area contributed by atoms with Crippen LogP contribution in [0.25, 0.3) is 22.3 Å². The fourth-order valence-electron chi connectivity index (χ4n) is 2.20. The third kappa shape index (κ3) is 2.44. The van der Waals surface area contributed by atoms with Crippen LogP contribution in [0.4, 0.5) is 5.69 Å². The third-order valence-corrected chi connectivity index (χ3v) is 3.34. The number of fused-ring (bicyclic) bond motifs is 1. The number of hydrogen-bond donors (Lipinski definition) is 1. The van der Waals surface area contributed by atoms with E-state index in [1.807, 2.05) is 0 Å². The molecule has 0 aliphatic carbocycles. The number of carbonyl (C=O) groups is 1. The van der Waals surface area contributed by atoms with Gasteiger partial charge in [0.1, 0.15) is 11.3 Å². The predicted octanol–water partition coefficient (Wildman–Crippen LogP) is 2.83. The Morgan fingerprint density at radius 3 is 2.50 bits per heavy atom. The highest BCUT2D eigenvalue weighted by Gasteiger charge is 2.09. The molecule has 0 saturated heterocycles. The predicted molar refractivity (Wildman–Crippen MR) is 83.7 cm³/mol. The average Bonchev–Trinajstić information content (AvgIpc) is 2.53. The Bertz CT molecular complexity index is 910. The van der Waals surface area contributed by atoms with Crippen LogP contribution in [0.15, 0.2) is 57.7 Å². The van der Waals surface area contributed by atoms with Crippen molar-refractivity contribution in [2.75, 3.05) is 12.8 Å². The molecule has 0 saturated carbocycles. The van der Waals surface area contributed by atoms with E-state index >= 15 is 0 Å². The number of methoxy groups -OCH3 is 1. The van der Waals surface area contributed by atoms with Crippen LogP contribution in [0.3, 0.4) is 0 Å². The monoisotopic (exact) mass is 295 g/mol. The maximum Gasteiger partial charge on any atom is 0.337 e. The Balaban J connectivity index is 2.10. The smallest absolute Gasteiger partial charge is 0.337 e. The first-order chi connectivity index (χ1) is 10.6. The van der Waals surface area contributed by atoms with Gasteiger partial charge in [-0.3, -0.25) is 4.79 Å². The molecule has 0 bridgehead atoms. The highest BCUT2D eigenvalue weighted by molar-refractivity contribution is 5.90. The van der Waals surface area contributed by atoms with E-state index in [0.29, 0.717) is 33.5 Å². The van der Waals surface area contributed by atoms with Crippen molar-refractivity contribution in [1.29, 1.82) is 0 Å². The number of carbonyl (C=O) groups excluding carboxylic acids is 1. The maximum absolute atomic E-state index is 12.1. The molecule has 110 valence electrons. The first-order valence-corrected chi connectivity index (χ1v) is 6.60. The Kier molecular flexibility index (Phi) is 3.39. The van der Waals surface area contributed by atoms with Gasteiger partial charge < -0.3 is 14.9 Å². The van der Waals surface area contributed by atoms with Crippen molar-refractivity contribution in [2.45, 2.75) is 0 Å². The quantitative estimate of drug-likeness (QED) is 0.580. The number of rotatable bonds is 2. The minimum atomic E-state index is -0.417. The molecule has 0 fully saturated rings. The molecule has 0 spiro atoms. The van der Waals surface area contributed by atoms with E-state index in [0.717, 1.165) is 0 Å². The number of benzene rings is 2. The lowest BCUT2D eigenvalue weighted by molar-refractivity contribution is 0.0601. The van der Waals surface area contributed by atoms with E-state index in [4.69, 9.17) is 10.2 Å². The number of ether oxygens (including phenoxy) is 1. The number of nitrogen functional groups attached to an aromatic ring is 1. The van der Waals surface area contributed by atoms with Gasteiger partial charge in [0.15, 0.2) is 5.43 Å². The molecule has 5 heteroatoms. The second kappa shape index (κ2) is 5.37. The summed E-state index contributed by atoms with van der Waals surface area (Å²) in [5.41, 5.74) is 7.64. The van der Waals surface area contributed by atoms with Crippen LogP contribution in [0.1, 0.15) is 10.4 Å². The molecule has 3 aromatic rings. The van der Waals surface area contributed by atoms with Crippen molar-refractivity contribution in [2.24, 2.45) is 0 Å². The summed E-state index contributed by atoms with van der Waals surface area (Å²) in [4.78, 5) is 23.5.